The number of nitriles is 1. The highest BCUT2D eigenvalue weighted by molar-refractivity contribution is 7.95. The van der Waals surface area contributed by atoms with Crippen molar-refractivity contribution in [3.05, 3.63) is 76.4 Å². The van der Waals surface area contributed by atoms with Crippen LogP contribution in [0.5, 0.6) is 0 Å². The zero-order valence-electron chi connectivity index (χ0n) is 14.1. The summed E-state index contributed by atoms with van der Waals surface area (Å²) in [6.07, 6.45) is -6.65. The Labute approximate surface area is 154 Å². The molecule has 1 aliphatic heterocycles. The molecule has 2 aromatic carbocycles. The molecule has 0 N–H and O–H groups in total. The van der Waals surface area contributed by atoms with Crippen LogP contribution >= 0.6 is 0 Å². The maximum absolute atomic E-state index is 13.6. The third-order valence-corrected chi connectivity index (χ3v) is 6.13. The molecule has 1 aliphatic rings. The van der Waals surface area contributed by atoms with Gasteiger partial charge >= 0.3 is 6.18 Å². The SMILES string of the molecule is Cc1ccc(S(=O)(=O)C2=C(C(F)(F)F)O[C@@H](C#N)[C@@H]2c2ccccc2)cc1. The fourth-order valence-electron chi connectivity index (χ4n) is 2.96. The summed E-state index contributed by atoms with van der Waals surface area (Å²) in [7, 11) is -4.54. The average molecular weight is 393 g/mol. The summed E-state index contributed by atoms with van der Waals surface area (Å²) in [5.41, 5.74) is 1.02. The first-order valence-corrected chi connectivity index (χ1v) is 9.39. The number of allylic oxidation sites excluding steroid dienone is 1. The monoisotopic (exact) mass is 393 g/mol. The third kappa shape index (κ3) is 3.43. The Balaban J connectivity index is 2.28. The van der Waals surface area contributed by atoms with Gasteiger partial charge in [0.25, 0.3) is 0 Å². The summed E-state index contributed by atoms with van der Waals surface area (Å²) in [5, 5.41) is 9.31. The smallest absolute Gasteiger partial charge is 0.450 e. The fourth-order valence-corrected chi connectivity index (χ4v) is 4.71. The Morgan fingerprint density at radius 3 is 2.15 bits per heavy atom. The lowest BCUT2D eigenvalue weighted by molar-refractivity contribution is -0.130. The van der Waals surface area contributed by atoms with Gasteiger partial charge in [-0.25, -0.2) is 8.42 Å². The molecular weight excluding hydrogens is 379 g/mol. The van der Waals surface area contributed by atoms with E-state index in [9.17, 15) is 26.9 Å². The second-order valence-corrected chi connectivity index (χ2v) is 7.98. The van der Waals surface area contributed by atoms with Crippen molar-refractivity contribution in [3.8, 4) is 6.07 Å². The van der Waals surface area contributed by atoms with E-state index in [0.29, 0.717) is 0 Å². The largest absolute Gasteiger partial charge is 0.468 e. The molecule has 0 saturated heterocycles. The molecule has 0 amide bonds. The first kappa shape index (κ1) is 19.0. The summed E-state index contributed by atoms with van der Waals surface area (Å²) in [6, 6.07) is 14.8. The lowest BCUT2D eigenvalue weighted by atomic mass is 9.94. The van der Waals surface area contributed by atoms with Crippen molar-refractivity contribution in [2.24, 2.45) is 0 Å². The van der Waals surface area contributed by atoms with Crippen LogP contribution in [0.2, 0.25) is 0 Å². The minimum Gasteiger partial charge on any atom is -0.468 e. The number of alkyl halides is 3. The van der Waals surface area contributed by atoms with Crippen LogP contribution in [-0.2, 0) is 14.6 Å². The van der Waals surface area contributed by atoms with E-state index in [1.54, 1.807) is 31.2 Å². The van der Waals surface area contributed by atoms with E-state index in [1.807, 2.05) is 0 Å². The van der Waals surface area contributed by atoms with Gasteiger partial charge in [0.05, 0.1) is 10.8 Å². The van der Waals surface area contributed by atoms with Crippen LogP contribution in [0.3, 0.4) is 0 Å². The topological polar surface area (TPSA) is 67.2 Å². The van der Waals surface area contributed by atoms with Gasteiger partial charge < -0.3 is 4.74 Å². The number of aryl methyl sites for hydroxylation is 1. The Kier molecular flexibility index (Phi) is 4.74. The molecule has 3 rings (SSSR count). The average Bonchev–Trinajstić information content (AvgIpc) is 3.04. The van der Waals surface area contributed by atoms with Crippen molar-refractivity contribution in [1.29, 1.82) is 5.26 Å². The lowest BCUT2D eigenvalue weighted by Gasteiger charge is -2.17. The predicted octanol–water partition coefficient (Wildman–Crippen LogP) is 4.25. The van der Waals surface area contributed by atoms with Crippen molar-refractivity contribution >= 4 is 9.84 Å². The number of hydrogen-bond acceptors (Lipinski definition) is 4. The number of hydrogen-bond donors (Lipinski definition) is 0. The molecule has 0 spiro atoms. The number of benzene rings is 2. The van der Waals surface area contributed by atoms with Crippen molar-refractivity contribution in [2.75, 3.05) is 0 Å². The van der Waals surface area contributed by atoms with Crippen LogP contribution in [0.4, 0.5) is 13.2 Å². The van der Waals surface area contributed by atoms with Gasteiger partial charge in [0.1, 0.15) is 11.0 Å². The molecule has 2 atom stereocenters. The van der Waals surface area contributed by atoms with E-state index in [4.69, 9.17) is 4.74 Å². The molecule has 0 aliphatic carbocycles. The molecule has 4 nitrogen and oxygen atoms in total. The molecule has 0 radical (unpaired) electrons. The molecule has 0 fully saturated rings. The minimum atomic E-state index is -5.05. The molecule has 0 unspecified atom stereocenters. The molecule has 140 valence electrons. The molecule has 0 aromatic heterocycles. The zero-order chi connectivity index (χ0) is 19.8. The highest BCUT2D eigenvalue weighted by Gasteiger charge is 2.53. The van der Waals surface area contributed by atoms with Gasteiger partial charge in [-0.1, -0.05) is 48.0 Å². The third-order valence-electron chi connectivity index (χ3n) is 4.22. The Bertz CT molecular complexity index is 1020. The van der Waals surface area contributed by atoms with Gasteiger partial charge in [0.2, 0.25) is 15.6 Å². The van der Waals surface area contributed by atoms with Gasteiger partial charge in [0, 0.05) is 0 Å². The van der Waals surface area contributed by atoms with Gasteiger partial charge in [0.15, 0.2) is 6.10 Å². The van der Waals surface area contributed by atoms with Crippen molar-refractivity contribution in [1.82, 2.24) is 0 Å². The summed E-state index contributed by atoms with van der Waals surface area (Å²) in [4.78, 5) is -1.22. The summed E-state index contributed by atoms with van der Waals surface area (Å²) in [5.74, 6) is -3.01. The van der Waals surface area contributed by atoms with Crippen LogP contribution in [0.15, 0.2) is 70.2 Å². The van der Waals surface area contributed by atoms with E-state index in [1.165, 1.54) is 36.4 Å². The Hall–Kier alpha value is -2.79. The molecular formula is C19H14F3NO3S. The standard InChI is InChI=1S/C19H14F3NO3S/c1-12-7-9-14(10-8-12)27(24,25)17-16(13-5-3-2-4-6-13)15(11-23)26-18(17)19(20,21)22/h2-10,15-16H,1H3/t15-,16-/m0/s1. The van der Waals surface area contributed by atoms with E-state index < -0.39 is 38.7 Å². The summed E-state index contributed by atoms with van der Waals surface area (Å²) < 4.78 is 71.7. The van der Waals surface area contributed by atoms with Crippen molar-refractivity contribution < 1.29 is 26.3 Å². The van der Waals surface area contributed by atoms with Gasteiger partial charge in [-0.05, 0) is 24.6 Å². The number of halogens is 3. The molecule has 8 heteroatoms. The zero-order valence-corrected chi connectivity index (χ0v) is 14.9. The summed E-state index contributed by atoms with van der Waals surface area (Å²) in [6.45, 7) is 1.73. The number of rotatable bonds is 3. The fraction of sp³-hybridized carbons (Fsp3) is 0.211. The first-order valence-electron chi connectivity index (χ1n) is 7.90. The predicted molar refractivity (Wildman–Crippen MR) is 91.1 cm³/mol. The maximum Gasteiger partial charge on any atom is 0.450 e. The minimum absolute atomic E-state index is 0.258. The molecule has 1 heterocycles. The lowest BCUT2D eigenvalue weighted by Crippen LogP contribution is -2.19. The van der Waals surface area contributed by atoms with Crippen LogP contribution in [0.25, 0.3) is 0 Å². The maximum atomic E-state index is 13.6. The van der Waals surface area contributed by atoms with Crippen LogP contribution in [0, 0.1) is 18.3 Å². The first-order chi connectivity index (χ1) is 12.7. The second-order valence-electron chi connectivity index (χ2n) is 6.06. The van der Waals surface area contributed by atoms with Gasteiger partial charge in [-0.2, -0.15) is 18.4 Å². The number of sulfone groups is 1. The highest BCUT2D eigenvalue weighted by atomic mass is 32.2. The van der Waals surface area contributed by atoms with E-state index in [-0.39, 0.29) is 10.5 Å². The Morgan fingerprint density at radius 2 is 1.63 bits per heavy atom. The van der Waals surface area contributed by atoms with E-state index in [2.05, 4.69) is 0 Å². The Morgan fingerprint density at radius 1 is 1.04 bits per heavy atom. The molecule has 0 saturated carbocycles. The van der Waals surface area contributed by atoms with E-state index in [0.717, 1.165) is 5.56 Å². The van der Waals surface area contributed by atoms with Crippen molar-refractivity contribution in [2.45, 2.75) is 30.0 Å². The highest BCUT2D eigenvalue weighted by Crippen LogP contribution is 2.48. The molecule has 0 bridgehead atoms. The van der Waals surface area contributed by atoms with Crippen LogP contribution in [-0.4, -0.2) is 20.7 Å². The normalized spacial score (nSPS) is 20.3. The summed E-state index contributed by atoms with van der Waals surface area (Å²) >= 11 is 0. The molecule has 2 aromatic rings. The van der Waals surface area contributed by atoms with Crippen LogP contribution < -0.4 is 0 Å². The van der Waals surface area contributed by atoms with E-state index >= 15 is 0 Å². The van der Waals surface area contributed by atoms with Crippen LogP contribution in [0.1, 0.15) is 17.0 Å². The van der Waals surface area contributed by atoms with Gasteiger partial charge in [-0.3, -0.25) is 0 Å². The number of nitrogens with zero attached hydrogens (tertiary/aromatic N) is 1. The second kappa shape index (κ2) is 6.74. The van der Waals surface area contributed by atoms with Gasteiger partial charge in [-0.15, -0.1) is 0 Å². The quantitative estimate of drug-likeness (QED) is 0.782. The molecule has 27 heavy (non-hydrogen) atoms. The number of ether oxygens (including phenoxy) is 1. The van der Waals surface area contributed by atoms with Crippen molar-refractivity contribution in [3.63, 3.8) is 0 Å².